The van der Waals surface area contributed by atoms with Crippen LogP contribution in [0.15, 0.2) is 24.4 Å². The van der Waals surface area contributed by atoms with E-state index < -0.39 is 11.6 Å². The molecule has 0 aliphatic rings. The number of nitrogens with zero attached hydrogens (tertiary/aromatic N) is 1. The van der Waals surface area contributed by atoms with Crippen LogP contribution >= 0.6 is 0 Å². The van der Waals surface area contributed by atoms with Gasteiger partial charge in [0.1, 0.15) is 11.3 Å². The smallest absolute Gasteiger partial charge is 0.252 e. The first-order valence-electron chi connectivity index (χ1n) is 6.15. The topological polar surface area (TPSA) is 42.0 Å². The lowest BCUT2D eigenvalue weighted by Crippen LogP contribution is -2.24. The third kappa shape index (κ3) is 3.05. The van der Waals surface area contributed by atoms with Crippen molar-refractivity contribution in [2.75, 3.05) is 6.54 Å². The van der Waals surface area contributed by atoms with Crippen molar-refractivity contribution in [3.8, 4) is 0 Å². The van der Waals surface area contributed by atoms with Crippen LogP contribution < -0.4 is 5.32 Å². The predicted molar refractivity (Wildman–Crippen MR) is 68.9 cm³/mol. The molecule has 3 nitrogen and oxygen atoms in total. The average Bonchev–Trinajstić information content (AvgIpc) is 2.38. The van der Waals surface area contributed by atoms with E-state index in [2.05, 4.69) is 10.3 Å². The minimum absolute atomic E-state index is 0.0616. The lowest BCUT2D eigenvalue weighted by atomic mass is 10.1. The SMILES string of the molecule is CCCCNC(=O)c1cnc2c(F)cc(F)cc2c1. The van der Waals surface area contributed by atoms with Crippen LogP contribution in [0.1, 0.15) is 30.1 Å². The highest BCUT2D eigenvalue weighted by molar-refractivity contribution is 5.97. The van der Waals surface area contributed by atoms with Crippen molar-refractivity contribution >= 4 is 16.8 Å². The number of aromatic nitrogens is 1. The first-order chi connectivity index (χ1) is 9.11. The highest BCUT2D eigenvalue weighted by atomic mass is 19.1. The molecule has 0 unspecified atom stereocenters. The van der Waals surface area contributed by atoms with Gasteiger partial charge < -0.3 is 5.32 Å². The van der Waals surface area contributed by atoms with Crippen LogP contribution in [0.4, 0.5) is 8.78 Å². The average molecular weight is 264 g/mol. The van der Waals surface area contributed by atoms with E-state index in [1.807, 2.05) is 6.92 Å². The van der Waals surface area contributed by atoms with Gasteiger partial charge in [-0.05, 0) is 18.6 Å². The van der Waals surface area contributed by atoms with Crippen molar-refractivity contribution in [2.45, 2.75) is 19.8 Å². The highest BCUT2D eigenvalue weighted by Crippen LogP contribution is 2.18. The van der Waals surface area contributed by atoms with Gasteiger partial charge in [0.15, 0.2) is 5.82 Å². The van der Waals surface area contributed by atoms with Gasteiger partial charge in [-0.25, -0.2) is 8.78 Å². The van der Waals surface area contributed by atoms with Crippen LogP contribution in [0.5, 0.6) is 0 Å². The summed E-state index contributed by atoms with van der Waals surface area (Å²) >= 11 is 0. The standard InChI is InChI=1S/C14H14F2N2O/c1-2-3-4-17-14(19)10-5-9-6-11(15)7-12(16)13(9)18-8-10/h5-8H,2-4H2,1H3,(H,17,19). The molecule has 100 valence electrons. The molecule has 0 bridgehead atoms. The molecule has 2 aromatic rings. The largest absolute Gasteiger partial charge is 0.352 e. The molecule has 1 aromatic carbocycles. The third-order valence-corrected chi connectivity index (χ3v) is 2.78. The molecule has 1 N–H and O–H groups in total. The highest BCUT2D eigenvalue weighted by Gasteiger charge is 2.10. The van der Waals surface area contributed by atoms with Gasteiger partial charge >= 0.3 is 0 Å². The van der Waals surface area contributed by atoms with Crippen LogP contribution in [0.25, 0.3) is 10.9 Å². The Bertz CT molecular complexity index is 614. The molecule has 1 aromatic heterocycles. The lowest BCUT2D eigenvalue weighted by Gasteiger charge is -2.05. The zero-order valence-electron chi connectivity index (χ0n) is 10.5. The van der Waals surface area contributed by atoms with Gasteiger partial charge in [-0.15, -0.1) is 0 Å². The first-order valence-corrected chi connectivity index (χ1v) is 6.15. The number of pyridine rings is 1. The van der Waals surface area contributed by atoms with Crippen LogP contribution in [0, 0.1) is 11.6 Å². The summed E-state index contributed by atoms with van der Waals surface area (Å²) in [6, 6.07) is 3.38. The van der Waals surface area contributed by atoms with E-state index in [0.717, 1.165) is 25.0 Å². The molecule has 19 heavy (non-hydrogen) atoms. The van der Waals surface area contributed by atoms with E-state index in [0.29, 0.717) is 12.1 Å². The fraction of sp³-hybridized carbons (Fsp3) is 0.286. The van der Waals surface area contributed by atoms with Crippen LogP contribution in [-0.4, -0.2) is 17.4 Å². The Balaban J connectivity index is 2.28. The molecule has 5 heteroatoms. The molecular weight excluding hydrogens is 250 g/mol. The summed E-state index contributed by atoms with van der Waals surface area (Å²) in [5, 5.41) is 3.01. The molecule has 2 rings (SSSR count). The van der Waals surface area contributed by atoms with Crippen molar-refractivity contribution in [2.24, 2.45) is 0 Å². The zero-order valence-corrected chi connectivity index (χ0v) is 10.5. The second kappa shape index (κ2) is 5.73. The third-order valence-electron chi connectivity index (χ3n) is 2.78. The molecule has 1 amide bonds. The van der Waals surface area contributed by atoms with Crippen molar-refractivity contribution < 1.29 is 13.6 Å². The number of nitrogens with one attached hydrogen (secondary N) is 1. The van der Waals surface area contributed by atoms with Gasteiger partial charge in [0.2, 0.25) is 0 Å². The molecule has 0 aliphatic carbocycles. The monoisotopic (exact) mass is 264 g/mol. The van der Waals surface area contributed by atoms with Gasteiger partial charge in [-0.1, -0.05) is 13.3 Å². The molecule has 1 heterocycles. The van der Waals surface area contributed by atoms with Gasteiger partial charge in [0.05, 0.1) is 5.56 Å². The number of benzene rings is 1. The van der Waals surface area contributed by atoms with Gasteiger partial charge in [-0.2, -0.15) is 0 Å². The van der Waals surface area contributed by atoms with Crippen LogP contribution in [0.2, 0.25) is 0 Å². The van der Waals surface area contributed by atoms with Crippen LogP contribution in [-0.2, 0) is 0 Å². The fourth-order valence-electron chi connectivity index (χ4n) is 1.78. The maximum Gasteiger partial charge on any atom is 0.252 e. The predicted octanol–water partition coefficient (Wildman–Crippen LogP) is 3.04. The minimum Gasteiger partial charge on any atom is -0.352 e. The van der Waals surface area contributed by atoms with Crippen molar-refractivity contribution in [1.82, 2.24) is 10.3 Å². The molecule has 0 saturated heterocycles. The summed E-state index contributed by atoms with van der Waals surface area (Å²) in [5.41, 5.74) is 0.361. The number of hydrogen-bond acceptors (Lipinski definition) is 2. The van der Waals surface area contributed by atoms with Crippen LogP contribution in [0.3, 0.4) is 0 Å². The molecule has 0 saturated carbocycles. The Hall–Kier alpha value is -2.04. The Morgan fingerprint density at radius 1 is 1.32 bits per heavy atom. The van der Waals surface area contributed by atoms with Gasteiger partial charge in [-0.3, -0.25) is 9.78 Å². The number of amides is 1. The number of carbonyl (C=O) groups is 1. The van der Waals surface area contributed by atoms with Crippen molar-refractivity contribution in [1.29, 1.82) is 0 Å². The Kier molecular flexibility index (Phi) is 4.04. The first kappa shape index (κ1) is 13.4. The van der Waals surface area contributed by atoms with Gasteiger partial charge in [0, 0.05) is 24.2 Å². The van der Waals surface area contributed by atoms with E-state index in [1.54, 1.807) is 0 Å². The number of rotatable bonds is 4. The Labute approximate surface area is 109 Å². The summed E-state index contributed by atoms with van der Waals surface area (Å²) in [7, 11) is 0. The van der Waals surface area contributed by atoms with E-state index >= 15 is 0 Å². The summed E-state index contributed by atoms with van der Waals surface area (Å²) < 4.78 is 26.5. The van der Waals surface area contributed by atoms with Crippen molar-refractivity contribution in [3.05, 3.63) is 41.6 Å². The van der Waals surface area contributed by atoms with E-state index in [4.69, 9.17) is 0 Å². The number of halogens is 2. The number of fused-ring (bicyclic) bond motifs is 1. The van der Waals surface area contributed by atoms with E-state index in [-0.39, 0.29) is 16.8 Å². The number of carbonyl (C=O) groups excluding carboxylic acids is 1. The summed E-state index contributed by atoms with van der Waals surface area (Å²) in [4.78, 5) is 15.7. The molecule has 0 fully saturated rings. The molecule has 0 radical (unpaired) electrons. The zero-order chi connectivity index (χ0) is 13.8. The molecular formula is C14H14F2N2O. The normalized spacial score (nSPS) is 10.7. The maximum absolute atomic E-state index is 13.4. The Morgan fingerprint density at radius 2 is 2.11 bits per heavy atom. The number of unbranched alkanes of at least 4 members (excludes halogenated alkanes) is 1. The quantitative estimate of drug-likeness (QED) is 0.862. The minimum atomic E-state index is -0.729. The summed E-state index contributed by atoms with van der Waals surface area (Å²) in [6.45, 7) is 2.60. The summed E-state index contributed by atoms with van der Waals surface area (Å²) in [6.07, 6.45) is 3.16. The number of hydrogen-bond donors (Lipinski definition) is 1. The molecule has 0 atom stereocenters. The lowest BCUT2D eigenvalue weighted by molar-refractivity contribution is 0.0953. The Morgan fingerprint density at radius 3 is 2.84 bits per heavy atom. The van der Waals surface area contributed by atoms with Crippen molar-refractivity contribution in [3.63, 3.8) is 0 Å². The fourth-order valence-corrected chi connectivity index (χ4v) is 1.78. The second-order valence-electron chi connectivity index (χ2n) is 4.29. The second-order valence-corrected chi connectivity index (χ2v) is 4.29. The molecule has 0 aliphatic heterocycles. The summed E-state index contributed by atoms with van der Waals surface area (Å²) in [5.74, 6) is -1.70. The molecule has 0 spiro atoms. The van der Waals surface area contributed by atoms with Gasteiger partial charge in [0.25, 0.3) is 5.91 Å². The maximum atomic E-state index is 13.4. The van der Waals surface area contributed by atoms with E-state index in [1.165, 1.54) is 12.3 Å². The van der Waals surface area contributed by atoms with E-state index in [9.17, 15) is 13.6 Å².